The normalized spacial score (nSPS) is 10.7. The highest BCUT2D eigenvalue weighted by Crippen LogP contribution is 2.28. The van der Waals surface area contributed by atoms with Crippen LogP contribution in [-0.4, -0.2) is 7.05 Å². The SMILES string of the molecule is CN(Cc1cc(Br)cs1)c1c(F)cccc1CCl. The lowest BCUT2D eigenvalue weighted by molar-refractivity contribution is 0.621. The first-order chi connectivity index (χ1) is 8.61. The van der Waals surface area contributed by atoms with Gasteiger partial charge in [0.05, 0.1) is 12.2 Å². The first-order valence-electron chi connectivity index (χ1n) is 5.39. The van der Waals surface area contributed by atoms with Gasteiger partial charge in [0.2, 0.25) is 0 Å². The molecule has 0 saturated carbocycles. The van der Waals surface area contributed by atoms with Crippen molar-refractivity contribution in [1.29, 1.82) is 0 Å². The summed E-state index contributed by atoms with van der Waals surface area (Å²) in [6, 6.07) is 7.05. The number of nitrogens with zero attached hydrogens (tertiary/aromatic N) is 1. The molecule has 0 aliphatic heterocycles. The number of benzene rings is 1. The molecule has 5 heteroatoms. The summed E-state index contributed by atoms with van der Waals surface area (Å²) in [6.07, 6.45) is 0. The van der Waals surface area contributed by atoms with Crippen molar-refractivity contribution in [1.82, 2.24) is 0 Å². The third-order valence-electron chi connectivity index (χ3n) is 2.61. The highest BCUT2D eigenvalue weighted by molar-refractivity contribution is 9.10. The molecular weight excluding hydrogens is 337 g/mol. The van der Waals surface area contributed by atoms with Crippen LogP contribution in [0.4, 0.5) is 10.1 Å². The Kier molecular flexibility index (Phi) is 4.65. The van der Waals surface area contributed by atoms with Gasteiger partial charge in [-0.1, -0.05) is 12.1 Å². The van der Waals surface area contributed by atoms with E-state index in [1.807, 2.05) is 29.5 Å². The van der Waals surface area contributed by atoms with Gasteiger partial charge in [-0.15, -0.1) is 22.9 Å². The van der Waals surface area contributed by atoms with Crippen LogP contribution in [-0.2, 0) is 12.4 Å². The van der Waals surface area contributed by atoms with E-state index < -0.39 is 0 Å². The zero-order chi connectivity index (χ0) is 13.1. The van der Waals surface area contributed by atoms with E-state index in [0.29, 0.717) is 18.1 Å². The number of anilines is 1. The highest BCUT2D eigenvalue weighted by Gasteiger charge is 2.13. The van der Waals surface area contributed by atoms with Gasteiger partial charge in [-0.25, -0.2) is 4.39 Å². The van der Waals surface area contributed by atoms with Crippen molar-refractivity contribution in [2.75, 3.05) is 11.9 Å². The number of alkyl halides is 1. The van der Waals surface area contributed by atoms with Crippen LogP contribution >= 0.6 is 38.9 Å². The molecule has 0 amide bonds. The molecule has 0 aliphatic carbocycles. The molecule has 0 atom stereocenters. The Morgan fingerprint density at radius 1 is 1.44 bits per heavy atom. The van der Waals surface area contributed by atoms with E-state index in [9.17, 15) is 4.39 Å². The number of halogens is 3. The van der Waals surface area contributed by atoms with Crippen LogP contribution < -0.4 is 4.90 Å². The second kappa shape index (κ2) is 6.04. The van der Waals surface area contributed by atoms with Crippen LogP contribution in [0.3, 0.4) is 0 Å². The van der Waals surface area contributed by atoms with E-state index in [0.717, 1.165) is 10.0 Å². The minimum atomic E-state index is -0.230. The first-order valence-corrected chi connectivity index (χ1v) is 7.60. The van der Waals surface area contributed by atoms with E-state index in [1.165, 1.54) is 10.9 Å². The zero-order valence-electron chi connectivity index (χ0n) is 9.79. The standard InChI is InChI=1S/C13H12BrClFNS/c1-17(7-11-5-10(14)8-18-11)13-9(6-15)3-2-4-12(13)16/h2-5,8H,6-7H2,1H3. The summed E-state index contributed by atoms with van der Waals surface area (Å²) in [5.74, 6) is 0.0808. The van der Waals surface area contributed by atoms with Crippen molar-refractivity contribution in [3.63, 3.8) is 0 Å². The average molecular weight is 349 g/mol. The summed E-state index contributed by atoms with van der Waals surface area (Å²) in [6.45, 7) is 0.668. The van der Waals surface area contributed by atoms with Gasteiger partial charge in [0.1, 0.15) is 5.82 Å². The molecule has 96 valence electrons. The predicted octanol–water partition coefficient (Wildman–Crippen LogP) is 5.02. The lowest BCUT2D eigenvalue weighted by Gasteiger charge is -2.21. The van der Waals surface area contributed by atoms with Crippen LogP contribution in [0.1, 0.15) is 10.4 Å². The third kappa shape index (κ3) is 3.05. The first kappa shape index (κ1) is 13.8. The summed E-state index contributed by atoms with van der Waals surface area (Å²) in [5, 5.41) is 2.02. The Bertz CT molecular complexity index is 544. The van der Waals surface area contributed by atoms with Crippen molar-refractivity contribution in [3.05, 3.63) is 50.4 Å². The monoisotopic (exact) mass is 347 g/mol. The molecule has 0 unspecified atom stereocenters. The van der Waals surface area contributed by atoms with Crippen molar-refractivity contribution < 1.29 is 4.39 Å². The average Bonchev–Trinajstić information content (AvgIpc) is 2.74. The molecule has 2 aromatic rings. The van der Waals surface area contributed by atoms with Crippen molar-refractivity contribution in [2.24, 2.45) is 0 Å². The van der Waals surface area contributed by atoms with Crippen molar-refractivity contribution in [2.45, 2.75) is 12.4 Å². The third-order valence-corrected chi connectivity index (χ3v) is 4.58. The fourth-order valence-electron chi connectivity index (χ4n) is 1.84. The summed E-state index contributed by atoms with van der Waals surface area (Å²) in [5.41, 5.74) is 1.40. The van der Waals surface area contributed by atoms with E-state index in [2.05, 4.69) is 15.9 Å². The molecule has 0 fully saturated rings. The smallest absolute Gasteiger partial charge is 0.146 e. The van der Waals surface area contributed by atoms with Crippen molar-refractivity contribution >= 4 is 44.6 Å². The predicted molar refractivity (Wildman–Crippen MR) is 80.1 cm³/mol. The van der Waals surface area contributed by atoms with Crippen LogP contribution in [0.5, 0.6) is 0 Å². The summed E-state index contributed by atoms with van der Waals surface area (Å²) >= 11 is 10.9. The Hall–Kier alpha value is -0.580. The quantitative estimate of drug-likeness (QED) is 0.701. The van der Waals surface area contributed by atoms with E-state index >= 15 is 0 Å². The molecule has 0 spiro atoms. The molecule has 18 heavy (non-hydrogen) atoms. The summed E-state index contributed by atoms with van der Waals surface area (Å²) in [7, 11) is 1.88. The molecule has 1 aromatic carbocycles. The molecule has 1 aromatic heterocycles. The molecular formula is C13H12BrClFNS. The fourth-order valence-corrected chi connectivity index (χ4v) is 3.56. The lowest BCUT2D eigenvalue weighted by Crippen LogP contribution is -2.18. The largest absolute Gasteiger partial charge is 0.367 e. The Morgan fingerprint density at radius 2 is 2.22 bits per heavy atom. The van der Waals surface area contributed by atoms with Gasteiger partial charge in [0, 0.05) is 27.7 Å². The van der Waals surface area contributed by atoms with Crippen molar-refractivity contribution in [3.8, 4) is 0 Å². The van der Waals surface area contributed by atoms with Gasteiger partial charge in [0.15, 0.2) is 0 Å². The molecule has 0 N–H and O–H groups in total. The molecule has 0 bridgehead atoms. The molecule has 1 nitrogen and oxygen atoms in total. The van der Waals surface area contributed by atoms with Gasteiger partial charge < -0.3 is 4.90 Å². The number of hydrogen-bond donors (Lipinski definition) is 0. The zero-order valence-corrected chi connectivity index (χ0v) is 12.9. The molecule has 0 radical (unpaired) electrons. The maximum atomic E-state index is 13.9. The van der Waals surface area contributed by atoms with Gasteiger partial charge in [-0.3, -0.25) is 0 Å². The number of thiophene rings is 1. The Morgan fingerprint density at radius 3 is 2.83 bits per heavy atom. The van der Waals surface area contributed by atoms with Crippen LogP contribution in [0, 0.1) is 5.82 Å². The number of hydrogen-bond acceptors (Lipinski definition) is 2. The minimum absolute atomic E-state index is 0.230. The molecule has 1 heterocycles. The maximum Gasteiger partial charge on any atom is 0.146 e. The second-order valence-electron chi connectivity index (χ2n) is 3.97. The minimum Gasteiger partial charge on any atom is -0.367 e. The summed E-state index contributed by atoms with van der Waals surface area (Å²) in [4.78, 5) is 3.07. The Balaban J connectivity index is 2.25. The second-order valence-corrected chi connectivity index (χ2v) is 6.15. The van der Waals surface area contributed by atoms with E-state index in [-0.39, 0.29) is 5.82 Å². The van der Waals surface area contributed by atoms with E-state index in [1.54, 1.807) is 17.4 Å². The van der Waals surface area contributed by atoms with Gasteiger partial charge >= 0.3 is 0 Å². The topological polar surface area (TPSA) is 3.24 Å². The van der Waals surface area contributed by atoms with Crippen LogP contribution in [0.25, 0.3) is 0 Å². The molecule has 2 rings (SSSR count). The van der Waals surface area contributed by atoms with Gasteiger partial charge in [-0.2, -0.15) is 0 Å². The van der Waals surface area contributed by atoms with Crippen LogP contribution in [0.2, 0.25) is 0 Å². The van der Waals surface area contributed by atoms with Crippen LogP contribution in [0.15, 0.2) is 34.1 Å². The fraction of sp³-hybridized carbons (Fsp3) is 0.231. The number of rotatable bonds is 4. The number of para-hydroxylation sites is 1. The van der Waals surface area contributed by atoms with E-state index in [4.69, 9.17) is 11.6 Å². The molecule has 0 aliphatic rings. The Labute approximate surface area is 123 Å². The lowest BCUT2D eigenvalue weighted by atomic mass is 10.1. The highest BCUT2D eigenvalue weighted by atomic mass is 79.9. The summed E-state index contributed by atoms with van der Waals surface area (Å²) < 4.78 is 14.9. The maximum absolute atomic E-state index is 13.9. The van der Waals surface area contributed by atoms with Gasteiger partial charge in [-0.05, 0) is 33.6 Å². The van der Waals surface area contributed by atoms with Gasteiger partial charge in [0.25, 0.3) is 0 Å². The molecule has 0 saturated heterocycles.